The first-order chi connectivity index (χ1) is 13.0. The molecule has 1 fully saturated rings. The average Bonchev–Trinajstić information content (AvgIpc) is 2.68. The summed E-state index contributed by atoms with van der Waals surface area (Å²) >= 11 is 0. The van der Waals surface area contributed by atoms with Gasteiger partial charge < -0.3 is 40.1 Å². The molecule has 0 aromatic carbocycles. The second-order valence-electron chi connectivity index (χ2n) is 5.13. The van der Waals surface area contributed by atoms with Gasteiger partial charge in [-0.15, -0.1) is 0 Å². The molecule has 0 saturated carbocycles. The van der Waals surface area contributed by atoms with Crippen LogP contribution in [0, 0.1) is 47.4 Å². The van der Waals surface area contributed by atoms with E-state index in [0.717, 1.165) is 0 Å². The van der Waals surface area contributed by atoms with Crippen molar-refractivity contribution in [2.24, 2.45) is 0 Å². The fourth-order valence-electron chi connectivity index (χ4n) is 1.90. The largest absolute Gasteiger partial charge is 0.394 e. The van der Waals surface area contributed by atoms with Crippen molar-refractivity contribution in [1.29, 1.82) is 0 Å². The summed E-state index contributed by atoms with van der Waals surface area (Å²) in [6, 6.07) is 0. The number of hydrogen-bond acceptors (Lipinski definition) is 8. The van der Waals surface area contributed by atoms with Gasteiger partial charge in [-0.2, -0.15) is 0 Å². The monoisotopic (exact) mass is 376 g/mol. The lowest BCUT2D eigenvalue weighted by Crippen LogP contribution is -2.59. The minimum Gasteiger partial charge on any atom is -0.394 e. The van der Waals surface area contributed by atoms with Crippen LogP contribution in [0.3, 0.4) is 0 Å². The maximum Gasteiger partial charge on any atom is 0.188 e. The van der Waals surface area contributed by atoms with Gasteiger partial charge in [0.05, 0.1) is 19.8 Å². The summed E-state index contributed by atoms with van der Waals surface area (Å²) < 4.78 is 10.4. The molecule has 0 amide bonds. The van der Waals surface area contributed by atoms with Crippen LogP contribution >= 0.6 is 0 Å². The molecule has 6 atom stereocenters. The second kappa shape index (κ2) is 12.9. The third-order valence-electron chi connectivity index (χ3n) is 3.24. The number of aliphatic hydroxyl groups excluding tert-OH is 6. The quantitative estimate of drug-likeness (QED) is 0.275. The van der Waals surface area contributed by atoms with Gasteiger partial charge in [0.25, 0.3) is 0 Å². The fourth-order valence-corrected chi connectivity index (χ4v) is 1.90. The van der Waals surface area contributed by atoms with Gasteiger partial charge >= 0.3 is 0 Å². The molecule has 0 aliphatic carbocycles. The Labute approximate surface area is 157 Å². The fraction of sp³-hybridized carbons (Fsp3) is 0.474. The maximum absolute atomic E-state index is 9.86. The van der Waals surface area contributed by atoms with Crippen LogP contribution in [0.5, 0.6) is 0 Å². The average molecular weight is 376 g/mol. The minimum atomic E-state index is -1.59. The van der Waals surface area contributed by atoms with Crippen LogP contribution in [-0.2, 0) is 9.47 Å². The molecule has 1 heterocycles. The van der Waals surface area contributed by atoms with E-state index < -0.39 is 50.0 Å². The van der Waals surface area contributed by atoms with E-state index in [0.29, 0.717) is 0 Å². The van der Waals surface area contributed by atoms with Gasteiger partial charge in [0.2, 0.25) is 0 Å². The van der Waals surface area contributed by atoms with Crippen molar-refractivity contribution < 1.29 is 40.1 Å². The third kappa shape index (κ3) is 7.83. The van der Waals surface area contributed by atoms with Crippen molar-refractivity contribution in [1.82, 2.24) is 0 Å². The molecule has 0 aromatic heterocycles. The molecule has 8 nitrogen and oxygen atoms in total. The van der Waals surface area contributed by atoms with E-state index in [1.165, 1.54) is 12.2 Å². The Hall–Kier alpha value is -2.34. The molecule has 0 bridgehead atoms. The first-order valence-corrected chi connectivity index (χ1v) is 7.88. The van der Waals surface area contributed by atoms with Crippen molar-refractivity contribution in [3.8, 4) is 47.4 Å². The van der Waals surface area contributed by atoms with E-state index in [1.807, 2.05) is 0 Å². The van der Waals surface area contributed by atoms with Crippen LogP contribution < -0.4 is 0 Å². The first-order valence-electron chi connectivity index (χ1n) is 7.88. The first kappa shape index (κ1) is 22.7. The zero-order chi connectivity index (χ0) is 20.1. The number of ether oxygens (including phenoxy) is 2. The standard InChI is InChI=1S/C19H20O8/c20-11-9-7-5-3-1-2-4-6-8-10-14(12-21)26-19-18(25)17(24)16(23)15(13-22)27-19/h7,9,14-25H,11-13H2. The van der Waals surface area contributed by atoms with Crippen molar-refractivity contribution >= 4 is 0 Å². The highest BCUT2D eigenvalue weighted by molar-refractivity contribution is 5.41. The predicted molar refractivity (Wildman–Crippen MR) is 93.1 cm³/mol. The Morgan fingerprint density at radius 2 is 1.56 bits per heavy atom. The zero-order valence-corrected chi connectivity index (χ0v) is 14.2. The van der Waals surface area contributed by atoms with E-state index in [-0.39, 0.29) is 6.61 Å². The Morgan fingerprint density at radius 1 is 0.889 bits per heavy atom. The predicted octanol–water partition coefficient (Wildman–Crippen LogP) is -3.27. The van der Waals surface area contributed by atoms with Crippen LogP contribution in [0.2, 0.25) is 0 Å². The number of hydrogen-bond donors (Lipinski definition) is 6. The summed E-state index contributed by atoms with van der Waals surface area (Å²) in [7, 11) is 0. The molecular weight excluding hydrogens is 356 g/mol. The second-order valence-corrected chi connectivity index (χ2v) is 5.13. The molecule has 6 N–H and O–H groups in total. The Morgan fingerprint density at radius 3 is 2.19 bits per heavy atom. The topological polar surface area (TPSA) is 140 Å². The van der Waals surface area contributed by atoms with Crippen LogP contribution in [0.1, 0.15) is 0 Å². The summed E-state index contributed by atoms with van der Waals surface area (Å²) in [6.07, 6.45) is -5.38. The van der Waals surface area contributed by atoms with Gasteiger partial charge in [-0.1, -0.05) is 17.9 Å². The van der Waals surface area contributed by atoms with Gasteiger partial charge in [-0.3, -0.25) is 0 Å². The van der Waals surface area contributed by atoms with Crippen molar-refractivity contribution in [3.63, 3.8) is 0 Å². The summed E-state index contributed by atoms with van der Waals surface area (Å²) in [6.45, 7) is -1.24. The summed E-state index contributed by atoms with van der Waals surface area (Å²) in [5.41, 5.74) is 0. The van der Waals surface area contributed by atoms with Crippen molar-refractivity contribution in [2.45, 2.75) is 36.8 Å². The van der Waals surface area contributed by atoms with E-state index in [1.54, 1.807) is 0 Å². The highest BCUT2D eigenvalue weighted by Crippen LogP contribution is 2.22. The Balaban J connectivity index is 2.64. The van der Waals surface area contributed by atoms with E-state index in [2.05, 4.69) is 47.4 Å². The number of aliphatic hydroxyl groups is 6. The lowest BCUT2D eigenvalue weighted by Gasteiger charge is -2.40. The van der Waals surface area contributed by atoms with Crippen molar-refractivity contribution in [3.05, 3.63) is 12.2 Å². The Bertz CT molecular complexity index is 729. The van der Waals surface area contributed by atoms with E-state index >= 15 is 0 Å². The van der Waals surface area contributed by atoms with Crippen molar-refractivity contribution in [2.75, 3.05) is 19.8 Å². The van der Waals surface area contributed by atoms with Crippen LogP contribution in [-0.4, -0.2) is 87.3 Å². The van der Waals surface area contributed by atoms with Gasteiger partial charge in [0.15, 0.2) is 6.29 Å². The minimum absolute atomic E-state index is 0.102. The summed E-state index contributed by atoms with van der Waals surface area (Å²) in [5, 5.41) is 56.1. The van der Waals surface area contributed by atoms with Gasteiger partial charge in [0.1, 0.15) is 30.5 Å². The molecule has 6 unspecified atom stereocenters. The van der Waals surface area contributed by atoms with Gasteiger partial charge in [-0.25, -0.2) is 0 Å². The maximum atomic E-state index is 9.86. The molecule has 1 rings (SSSR count). The summed E-state index contributed by atoms with van der Waals surface area (Å²) in [5.74, 6) is 19.6. The number of allylic oxidation sites excluding steroid dienone is 1. The lowest BCUT2D eigenvalue weighted by atomic mass is 9.99. The highest BCUT2D eigenvalue weighted by atomic mass is 16.7. The molecule has 8 heteroatoms. The molecule has 0 aromatic rings. The van der Waals surface area contributed by atoms with E-state index in [4.69, 9.17) is 19.7 Å². The molecule has 0 spiro atoms. The number of rotatable bonds is 5. The van der Waals surface area contributed by atoms with Gasteiger partial charge in [-0.05, 0) is 41.6 Å². The summed E-state index contributed by atoms with van der Waals surface area (Å²) in [4.78, 5) is 0. The normalized spacial score (nSPS) is 27.7. The molecule has 1 aliphatic rings. The SMILES string of the molecule is OCC=CC#CC#CC#CC#CC(CO)OC1OC(CO)C(O)C(O)C1O. The highest BCUT2D eigenvalue weighted by Gasteiger charge is 2.44. The molecule has 144 valence electrons. The molecular formula is C19H20O8. The van der Waals surface area contributed by atoms with Crippen LogP contribution in [0.15, 0.2) is 12.2 Å². The molecule has 1 aliphatic heterocycles. The lowest BCUT2D eigenvalue weighted by molar-refractivity contribution is -0.308. The molecule has 27 heavy (non-hydrogen) atoms. The molecule has 1 saturated heterocycles. The Kier molecular flexibility index (Phi) is 10.9. The van der Waals surface area contributed by atoms with Crippen LogP contribution in [0.25, 0.3) is 0 Å². The smallest absolute Gasteiger partial charge is 0.188 e. The van der Waals surface area contributed by atoms with E-state index in [9.17, 15) is 20.4 Å². The molecule has 0 radical (unpaired) electrons. The van der Waals surface area contributed by atoms with Gasteiger partial charge in [0, 0.05) is 0 Å². The van der Waals surface area contributed by atoms with Crippen LogP contribution in [0.4, 0.5) is 0 Å². The zero-order valence-electron chi connectivity index (χ0n) is 14.2. The third-order valence-corrected chi connectivity index (χ3v) is 3.24.